The zero-order chi connectivity index (χ0) is 16.2. The number of carbonyl (C=O) groups excluding carboxylic acids is 1. The molecule has 7 saturated carbocycles. The zero-order valence-corrected chi connectivity index (χ0v) is 14.7. The largest absolute Gasteiger partial charge is 0.459 e. The lowest BCUT2D eigenvalue weighted by atomic mass is 9.33. The van der Waals surface area contributed by atoms with E-state index in [4.69, 9.17) is 4.74 Å². The van der Waals surface area contributed by atoms with Crippen molar-refractivity contribution in [3.63, 3.8) is 0 Å². The minimum Gasteiger partial charge on any atom is -0.459 e. The van der Waals surface area contributed by atoms with Crippen LogP contribution in [0.3, 0.4) is 0 Å². The molecule has 7 aliphatic carbocycles. The van der Waals surface area contributed by atoms with Gasteiger partial charge in [0.15, 0.2) is 0 Å². The highest BCUT2D eigenvalue weighted by Crippen LogP contribution is 2.74. The standard InChI is InChI=1S/C20H30O3/c1-4-18(2,3)17(21)23-19-8-13-12-5-11-6-15(13)20(22,10-19)16(7-11)14(12)9-19/h11-16,22H,4-10H2,1-3H3. The van der Waals surface area contributed by atoms with Crippen molar-refractivity contribution in [1.82, 2.24) is 0 Å². The maximum atomic E-state index is 12.7. The van der Waals surface area contributed by atoms with Crippen LogP contribution in [0.15, 0.2) is 0 Å². The highest BCUT2D eigenvalue weighted by atomic mass is 16.6. The molecule has 8 bridgehead atoms. The fourth-order valence-electron chi connectivity index (χ4n) is 7.48. The highest BCUT2D eigenvalue weighted by Gasteiger charge is 2.74. The summed E-state index contributed by atoms with van der Waals surface area (Å²) in [7, 11) is 0. The van der Waals surface area contributed by atoms with Crippen LogP contribution in [0.1, 0.15) is 65.7 Å². The summed E-state index contributed by atoms with van der Waals surface area (Å²) in [4.78, 5) is 12.7. The number of ether oxygens (including phenoxy) is 1. The first-order chi connectivity index (χ1) is 10.8. The molecule has 0 amide bonds. The summed E-state index contributed by atoms with van der Waals surface area (Å²) < 4.78 is 6.20. The summed E-state index contributed by atoms with van der Waals surface area (Å²) in [6.07, 6.45) is 7.39. The van der Waals surface area contributed by atoms with Crippen LogP contribution < -0.4 is 0 Å². The van der Waals surface area contributed by atoms with E-state index in [0.29, 0.717) is 30.1 Å². The second-order valence-corrected chi connectivity index (χ2v) is 10.2. The molecule has 1 N–H and O–H groups in total. The molecule has 0 saturated heterocycles. The van der Waals surface area contributed by atoms with Gasteiger partial charge < -0.3 is 9.84 Å². The Morgan fingerprint density at radius 1 is 1.13 bits per heavy atom. The van der Waals surface area contributed by atoms with Gasteiger partial charge in [0, 0.05) is 6.42 Å². The Bertz CT molecular complexity index is 541. The molecule has 0 aromatic rings. The van der Waals surface area contributed by atoms with E-state index in [0.717, 1.165) is 31.1 Å². The van der Waals surface area contributed by atoms with Crippen molar-refractivity contribution < 1.29 is 14.6 Å². The van der Waals surface area contributed by atoms with Crippen molar-refractivity contribution in [3.05, 3.63) is 0 Å². The summed E-state index contributed by atoms with van der Waals surface area (Å²) in [5.41, 5.74) is -1.30. The topological polar surface area (TPSA) is 46.5 Å². The molecule has 0 heterocycles. The van der Waals surface area contributed by atoms with Crippen LogP contribution in [-0.4, -0.2) is 22.3 Å². The predicted octanol–water partition coefficient (Wildman–Crippen LogP) is 3.54. The fourth-order valence-corrected chi connectivity index (χ4v) is 7.48. The van der Waals surface area contributed by atoms with E-state index in [-0.39, 0.29) is 11.6 Å². The van der Waals surface area contributed by atoms with Crippen molar-refractivity contribution in [3.8, 4) is 0 Å². The van der Waals surface area contributed by atoms with Gasteiger partial charge in [0.2, 0.25) is 0 Å². The van der Waals surface area contributed by atoms with E-state index in [1.165, 1.54) is 19.3 Å². The van der Waals surface area contributed by atoms with Crippen molar-refractivity contribution in [2.75, 3.05) is 0 Å². The first kappa shape index (κ1) is 14.7. The van der Waals surface area contributed by atoms with E-state index < -0.39 is 11.0 Å². The highest BCUT2D eigenvalue weighted by molar-refractivity contribution is 5.76. The summed E-state index contributed by atoms with van der Waals surface area (Å²) >= 11 is 0. The number of carbonyl (C=O) groups is 1. The predicted molar refractivity (Wildman–Crippen MR) is 86.5 cm³/mol. The van der Waals surface area contributed by atoms with Crippen molar-refractivity contribution in [2.24, 2.45) is 40.9 Å². The molecular weight excluding hydrogens is 288 g/mol. The molecule has 3 heteroatoms. The van der Waals surface area contributed by atoms with Crippen molar-refractivity contribution in [2.45, 2.75) is 76.9 Å². The first-order valence-electron chi connectivity index (χ1n) is 9.74. The molecule has 0 aliphatic heterocycles. The Morgan fingerprint density at radius 2 is 1.74 bits per heavy atom. The average Bonchev–Trinajstić information content (AvgIpc) is 2.51. The van der Waals surface area contributed by atoms with Crippen LogP contribution in [0.5, 0.6) is 0 Å². The van der Waals surface area contributed by atoms with E-state index in [2.05, 4.69) is 0 Å². The Hall–Kier alpha value is -0.570. The van der Waals surface area contributed by atoms with Gasteiger partial charge in [0.05, 0.1) is 11.0 Å². The molecule has 0 spiro atoms. The summed E-state index contributed by atoms with van der Waals surface area (Å²) in [6.45, 7) is 6.01. The van der Waals surface area contributed by atoms with Gasteiger partial charge in [-0.2, -0.15) is 0 Å². The van der Waals surface area contributed by atoms with Crippen molar-refractivity contribution >= 4 is 5.97 Å². The monoisotopic (exact) mass is 318 g/mol. The first-order valence-corrected chi connectivity index (χ1v) is 9.74. The van der Waals surface area contributed by atoms with Crippen LogP contribution in [0, 0.1) is 40.9 Å². The van der Waals surface area contributed by atoms with Crippen LogP contribution >= 0.6 is 0 Å². The summed E-state index contributed by atoms with van der Waals surface area (Å²) in [5, 5.41) is 11.6. The number of hydrogen-bond donors (Lipinski definition) is 1. The lowest BCUT2D eigenvalue weighted by molar-refractivity contribution is -0.326. The third kappa shape index (κ3) is 1.68. The van der Waals surface area contributed by atoms with Gasteiger partial charge in [-0.1, -0.05) is 6.92 Å². The maximum Gasteiger partial charge on any atom is 0.312 e. The fraction of sp³-hybridized carbons (Fsp3) is 0.950. The van der Waals surface area contributed by atoms with Crippen LogP contribution in [-0.2, 0) is 9.53 Å². The summed E-state index contributed by atoms with van der Waals surface area (Å²) in [5.74, 6) is 3.83. The van der Waals surface area contributed by atoms with Gasteiger partial charge in [-0.05, 0) is 87.9 Å². The molecule has 7 rings (SSSR count). The van der Waals surface area contributed by atoms with E-state index >= 15 is 0 Å². The van der Waals surface area contributed by atoms with Crippen LogP contribution in [0.25, 0.3) is 0 Å². The zero-order valence-electron chi connectivity index (χ0n) is 14.7. The molecule has 0 aromatic heterocycles. The van der Waals surface area contributed by atoms with Crippen LogP contribution in [0.2, 0.25) is 0 Å². The molecule has 0 aromatic carbocycles. The minimum atomic E-state index is -0.532. The molecule has 23 heavy (non-hydrogen) atoms. The Morgan fingerprint density at radius 3 is 2.30 bits per heavy atom. The molecular formula is C20H30O3. The van der Waals surface area contributed by atoms with Crippen LogP contribution in [0.4, 0.5) is 0 Å². The molecule has 3 nitrogen and oxygen atoms in total. The third-order valence-corrected chi connectivity index (χ3v) is 8.76. The van der Waals surface area contributed by atoms with Gasteiger partial charge in [-0.3, -0.25) is 4.79 Å². The average molecular weight is 318 g/mol. The Balaban J connectivity index is 1.48. The number of hydrogen-bond acceptors (Lipinski definition) is 3. The molecule has 7 fully saturated rings. The maximum absolute atomic E-state index is 12.7. The summed E-state index contributed by atoms with van der Waals surface area (Å²) in [6, 6.07) is 0. The van der Waals surface area contributed by atoms with Gasteiger partial charge in [-0.15, -0.1) is 0 Å². The van der Waals surface area contributed by atoms with Gasteiger partial charge in [0.25, 0.3) is 0 Å². The van der Waals surface area contributed by atoms with E-state index in [9.17, 15) is 9.90 Å². The Kier molecular flexibility index (Phi) is 2.66. The lowest BCUT2D eigenvalue weighted by Crippen LogP contribution is -2.76. The molecule has 4 atom stereocenters. The van der Waals surface area contributed by atoms with Gasteiger partial charge in [-0.25, -0.2) is 0 Å². The molecule has 128 valence electrons. The third-order valence-electron chi connectivity index (χ3n) is 8.76. The second kappa shape index (κ2) is 4.15. The normalized spacial score (nSPS) is 55.5. The quantitative estimate of drug-likeness (QED) is 0.810. The van der Waals surface area contributed by atoms with Gasteiger partial charge >= 0.3 is 5.97 Å². The number of esters is 1. The minimum absolute atomic E-state index is 0.0535. The number of rotatable bonds is 3. The van der Waals surface area contributed by atoms with E-state index in [1.807, 2.05) is 20.8 Å². The second-order valence-electron chi connectivity index (χ2n) is 10.2. The van der Waals surface area contributed by atoms with Gasteiger partial charge in [0.1, 0.15) is 5.60 Å². The molecule has 0 radical (unpaired) electrons. The Labute approximate surface area is 139 Å². The van der Waals surface area contributed by atoms with E-state index in [1.54, 1.807) is 0 Å². The SMILES string of the molecule is CCC(C)(C)C(=O)OC12CC3C4CC5CC3C(O)(C1)C(C5)C4C2. The smallest absolute Gasteiger partial charge is 0.312 e. The lowest BCUT2D eigenvalue weighted by Gasteiger charge is -2.74. The number of aliphatic hydroxyl groups is 1. The van der Waals surface area contributed by atoms with Crippen molar-refractivity contribution in [1.29, 1.82) is 0 Å². The molecule has 7 aliphatic rings. The molecule has 4 unspecified atom stereocenters.